The Balaban J connectivity index is 1.81. The number of hydrogen-bond donors (Lipinski definition) is 2. The second-order valence-electron chi connectivity index (χ2n) is 6.01. The molecule has 1 aromatic heterocycles. The van der Waals surface area contributed by atoms with Crippen LogP contribution >= 0.6 is 0 Å². The number of aryl methyl sites for hydroxylation is 3. The van der Waals surface area contributed by atoms with Gasteiger partial charge in [0, 0.05) is 11.6 Å². The van der Waals surface area contributed by atoms with Gasteiger partial charge in [0.15, 0.2) is 6.10 Å². The molecule has 2 aromatic rings. The summed E-state index contributed by atoms with van der Waals surface area (Å²) >= 11 is 0. The number of rotatable bonds is 6. The van der Waals surface area contributed by atoms with Crippen LogP contribution in [0.2, 0.25) is 0 Å². The Morgan fingerprint density at radius 2 is 1.77 bits per heavy atom. The molecule has 26 heavy (non-hydrogen) atoms. The second-order valence-corrected chi connectivity index (χ2v) is 6.01. The normalized spacial score (nSPS) is 11.5. The zero-order valence-corrected chi connectivity index (χ0v) is 15.1. The van der Waals surface area contributed by atoms with Crippen LogP contribution in [0.25, 0.3) is 0 Å². The highest BCUT2D eigenvalue weighted by molar-refractivity contribution is 5.97. The number of ether oxygens (including phenoxy) is 1. The molecule has 0 saturated heterocycles. The highest BCUT2D eigenvalue weighted by Crippen LogP contribution is 2.10. The zero-order chi connectivity index (χ0) is 19.3. The van der Waals surface area contributed by atoms with Crippen molar-refractivity contribution in [1.82, 2.24) is 10.5 Å². The first-order chi connectivity index (χ1) is 12.2. The van der Waals surface area contributed by atoms with Crippen LogP contribution in [-0.4, -0.2) is 35.6 Å². The fourth-order valence-electron chi connectivity index (χ4n) is 2.30. The van der Waals surface area contributed by atoms with E-state index in [-0.39, 0.29) is 18.3 Å². The molecule has 0 spiro atoms. The van der Waals surface area contributed by atoms with Crippen LogP contribution in [0.4, 0.5) is 5.88 Å². The minimum Gasteiger partial charge on any atom is -0.451 e. The molecule has 8 nitrogen and oxygen atoms in total. The number of nitrogens with zero attached hydrogens (tertiary/aromatic N) is 1. The van der Waals surface area contributed by atoms with Crippen LogP contribution in [0.15, 0.2) is 28.8 Å². The molecule has 0 aliphatic rings. The van der Waals surface area contributed by atoms with Gasteiger partial charge < -0.3 is 14.6 Å². The Morgan fingerprint density at radius 3 is 2.35 bits per heavy atom. The van der Waals surface area contributed by atoms with Crippen molar-refractivity contribution in [2.24, 2.45) is 0 Å². The van der Waals surface area contributed by atoms with E-state index in [0.717, 1.165) is 11.1 Å². The van der Waals surface area contributed by atoms with Crippen LogP contribution < -0.4 is 10.6 Å². The van der Waals surface area contributed by atoms with Gasteiger partial charge in [-0.1, -0.05) is 22.3 Å². The molecule has 138 valence electrons. The zero-order valence-electron chi connectivity index (χ0n) is 15.1. The number of amides is 2. The summed E-state index contributed by atoms with van der Waals surface area (Å²) in [6.07, 6.45) is -1.05. The maximum absolute atomic E-state index is 12.1. The van der Waals surface area contributed by atoms with E-state index in [9.17, 15) is 14.4 Å². The summed E-state index contributed by atoms with van der Waals surface area (Å²) in [7, 11) is 0. The summed E-state index contributed by atoms with van der Waals surface area (Å²) < 4.78 is 9.85. The SMILES string of the molecule is Cc1cc(C)cc(C(=O)NCC(=O)OC(C)C(=O)Nc2cc(C)no2)c1. The summed E-state index contributed by atoms with van der Waals surface area (Å²) in [5, 5.41) is 8.55. The van der Waals surface area contributed by atoms with Gasteiger partial charge in [-0.3, -0.25) is 19.7 Å². The monoisotopic (exact) mass is 359 g/mol. The largest absolute Gasteiger partial charge is 0.451 e. The maximum Gasteiger partial charge on any atom is 0.326 e. The lowest BCUT2D eigenvalue weighted by Gasteiger charge is -2.12. The van der Waals surface area contributed by atoms with E-state index in [4.69, 9.17) is 9.26 Å². The van der Waals surface area contributed by atoms with E-state index in [1.807, 2.05) is 19.9 Å². The molecule has 0 radical (unpaired) electrons. The lowest BCUT2D eigenvalue weighted by Crippen LogP contribution is -2.35. The quantitative estimate of drug-likeness (QED) is 0.762. The van der Waals surface area contributed by atoms with Crippen LogP contribution in [0.1, 0.15) is 34.1 Å². The van der Waals surface area contributed by atoms with Gasteiger partial charge >= 0.3 is 5.97 Å². The van der Waals surface area contributed by atoms with Gasteiger partial charge in [0.1, 0.15) is 6.54 Å². The minimum absolute atomic E-state index is 0.165. The summed E-state index contributed by atoms with van der Waals surface area (Å²) in [4.78, 5) is 35.9. The van der Waals surface area contributed by atoms with Crippen molar-refractivity contribution in [2.75, 3.05) is 11.9 Å². The smallest absolute Gasteiger partial charge is 0.326 e. The third-order valence-electron chi connectivity index (χ3n) is 3.43. The molecule has 1 aromatic carbocycles. The molecule has 1 heterocycles. The Labute approximate surface area is 150 Å². The first-order valence-electron chi connectivity index (χ1n) is 8.05. The van der Waals surface area contributed by atoms with E-state index in [1.54, 1.807) is 19.1 Å². The average Bonchev–Trinajstić information content (AvgIpc) is 2.96. The lowest BCUT2D eigenvalue weighted by atomic mass is 10.1. The Hall–Kier alpha value is -3.16. The van der Waals surface area contributed by atoms with Crippen molar-refractivity contribution >= 4 is 23.7 Å². The van der Waals surface area contributed by atoms with Crippen molar-refractivity contribution in [2.45, 2.75) is 33.8 Å². The van der Waals surface area contributed by atoms with Crippen LogP contribution in [0.3, 0.4) is 0 Å². The molecular weight excluding hydrogens is 338 g/mol. The van der Waals surface area contributed by atoms with Gasteiger partial charge in [0.05, 0.1) is 5.69 Å². The molecule has 0 fully saturated rings. The van der Waals surface area contributed by atoms with Crippen LogP contribution in [0, 0.1) is 20.8 Å². The summed E-state index contributed by atoms with van der Waals surface area (Å²) in [6, 6.07) is 6.93. The van der Waals surface area contributed by atoms with Crippen molar-refractivity contribution < 1.29 is 23.6 Å². The predicted octanol–water partition coefficient (Wildman–Crippen LogP) is 1.90. The van der Waals surface area contributed by atoms with Gasteiger partial charge in [-0.05, 0) is 39.8 Å². The Bertz CT molecular complexity index is 808. The van der Waals surface area contributed by atoms with Crippen molar-refractivity contribution in [3.63, 3.8) is 0 Å². The minimum atomic E-state index is -1.05. The van der Waals surface area contributed by atoms with Crippen molar-refractivity contribution in [3.8, 4) is 0 Å². The molecule has 2 amide bonds. The molecule has 1 atom stereocenters. The number of esters is 1. The summed E-state index contributed by atoms with van der Waals surface area (Å²) in [5.74, 6) is -1.50. The summed E-state index contributed by atoms with van der Waals surface area (Å²) in [6.45, 7) is 6.55. The van der Waals surface area contributed by atoms with Crippen LogP contribution in [-0.2, 0) is 14.3 Å². The van der Waals surface area contributed by atoms with Gasteiger partial charge in [-0.25, -0.2) is 0 Å². The number of carbonyl (C=O) groups excluding carboxylic acids is 3. The first kappa shape index (κ1) is 19.2. The highest BCUT2D eigenvalue weighted by atomic mass is 16.5. The Kier molecular flexibility index (Phi) is 6.11. The van der Waals surface area contributed by atoms with E-state index in [2.05, 4.69) is 15.8 Å². The standard InChI is InChI=1S/C18H21N3O5/c1-10-5-11(2)7-14(6-10)18(24)19-9-16(22)25-13(4)17(23)20-15-8-12(3)21-26-15/h5-8,13H,9H2,1-4H3,(H,19,24)(H,20,23). The molecule has 0 aliphatic carbocycles. The average molecular weight is 359 g/mol. The Morgan fingerprint density at radius 1 is 1.12 bits per heavy atom. The van der Waals surface area contributed by atoms with E-state index >= 15 is 0 Å². The number of hydrogen-bond acceptors (Lipinski definition) is 6. The maximum atomic E-state index is 12.1. The van der Waals surface area contributed by atoms with E-state index < -0.39 is 18.0 Å². The van der Waals surface area contributed by atoms with Crippen molar-refractivity contribution in [1.29, 1.82) is 0 Å². The number of carbonyl (C=O) groups is 3. The molecule has 0 saturated carbocycles. The fourth-order valence-corrected chi connectivity index (χ4v) is 2.30. The summed E-state index contributed by atoms with van der Waals surface area (Å²) in [5.41, 5.74) is 2.97. The molecule has 2 rings (SSSR count). The third-order valence-corrected chi connectivity index (χ3v) is 3.43. The number of benzene rings is 1. The third kappa shape index (κ3) is 5.44. The van der Waals surface area contributed by atoms with Gasteiger partial charge in [0.2, 0.25) is 5.88 Å². The predicted molar refractivity (Wildman–Crippen MR) is 93.7 cm³/mol. The van der Waals surface area contributed by atoms with Gasteiger partial charge in [-0.15, -0.1) is 0 Å². The fraction of sp³-hybridized carbons (Fsp3) is 0.333. The molecule has 0 aliphatic heterocycles. The van der Waals surface area contributed by atoms with Gasteiger partial charge in [0.25, 0.3) is 11.8 Å². The molecular formula is C18H21N3O5. The van der Waals surface area contributed by atoms with E-state index in [1.165, 1.54) is 13.0 Å². The topological polar surface area (TPSA) is 111 Å². The van der Waals surface area contributed by atoms with Crippen molar-refractivity contribution in [3.05, 3.63) is 46.6 Å². The molecule has 0 bridgehead atoms. The molecule has 2 N–H and O–H groups in total. The highest BCUT2D eigenvalue weighted by Gasteiger charge is 2.20. The van der Waals surface area contributed by atoms with Crippen LogP contribution in [0.5, 0.6) is 0 Å². The second kappa shape index (κ2) is 8.28. The molecule has 8 heteroatoms. The number of aromatic nitrogens is 1. The van der Waals surface area contributed by atoms with Gasteiger partial charge in [-0.2, -0.15) is 0 Å². The number of nitrogens with one attached hydrogen (secondary N) is 2. The first-order valence-corrected chi connectivity index (χ1v) is 8.05. The lowest BCUT2D eigenvalue weighted by molar-refractivity contribution is -0.152. The van der Waals surface area contributed by atoms with E-state index in [0.29, 0.717) is 11.3 Å². The molecule has 1 unspecified atom stereocenters. The number of anilines is 1.